The van der Waals surface area contributed by atoms with Crippen LogP contribution in [0, 0.1) is 23.7 Å². The van der Waals surface area contributed by atoms with Gasteiger partial charge >= 0.3 is 5.97 Å². The van der Waals surface area contributed by atoms with Crippen molar-refractivity contribution in [1.82, 2.24) is 0 Å². The van der Waals surface area contributed by atoms with Crippen LogP contribution in [0.1, 0.15) is 32.6 Å². The van der Waals surface area contributed by atoms with Gasteiger partial charge in [0, 0.05) is 11.8 Å². The van der Waals surface area contributed by atoms with E-state index in [0.717, 1.165) is 12.8 Å². The quantitative estimate of drug-likeness (QED) is 0.694. The summed E-state index contributed by atoms with van der Waals surface area (Å²) < 4.78 is 0. The Labute approximate surface area is 83.5 Å². The van der Waals surface area contributed by atoms with Gasteiger partial charge in [-0.15, -0.1) is 0 Å². The highest BCUT2D eigenvalue weighted by Gasteiger charge is 2.43. The van der Waals surface area contributed by atoms with Crippen LogP contribution in [-0.4, -0.2) is 16.9 Å². The number of Topliss-reactive ketones (excluding diaryl/α,β-unsaturated/α-hetero) is 1. The summed E-state index contributed by atoms with van der Waals surface area (Å²) in [6, 6.07) is 0. The number of carbonyl (C=O) groups is 2. The second-order valence-electron chi connectivity index (χ2n) is 4.88. The molecule has 0 saturated heterocycles. The van der Waals surface area contributed by atoms with Gasteiger partial charge in [-0.3, -0.25) is 9.59 Å². The molecule has 4 atom stereocenters. The molecule has 3 nitrogen and oxygen atoms in total. The summed E-state index contributed by atoms with van der Waals surface area (Å²) in [5.41, 5.74) is 0. The van der Waals surface area contributed by atoms with Gasteiger partial charge in [0.15, 0.2) is 0 Å². The van der Waals surface area contributed by atoms with Gasteiger partial charge in [-0.05, 0) is 31.6 Å². The van der Waals surface area contributed by atoms with E-state index in [0.29, 0.717) is 24.5 Å². The van der Waals surface area contributed by atoms with E-state index in [1.54, 1.807) is 0 Å². The van der Waals surface area contributed by atoms with Gasteiger partial charge in [-0.25, -0.2) is 0 Å². The van der Waals surface area contributed by atoms with Crippen LogP contribution in [0.4, 0.5) is 0 Å². The summed E-state index contributed by atoms with van der Waals surface area (Å²) in [5.74, 6) is 0.0208. The molecule has 0 amide bonds. The fourth-order valence-corrected chi connectivity index (χ4v) is 3.04. The van der Waals surface area contributed by atoms with Crippen molar-refractivity contribution in [2.24, 2.45) is 23.7 Å². The van der Waals surface area contributed by atoms with Crippen molar-refractivity contribution in [3.05, 3.63) is 0 Å². The molecule has 2 bridgehead atoms. The fraction of sp³-hybridized carbons (Fsp3) is 0.818. The lowest BCUT2D eigenvalue weighted by Gasteiger charge is -2.38. The Morgan fingerprint density at radius 3 is 2.14 bits per heavy atom. The second kappa shape index (κ2) is 3.37. The molecule has 0 spiro atoms. The summed E-state index contributed by atoms with van der Waals surface area (Å²) in [6.07, 6.45) is 2.96. The van der Waals surface area contributed by atoms with Gasteiger partial charge < -0.3 is 5.11 Å². The molecule has 14 heavy (non-hydrogen) atoms. The lowest BCUT2D eigenvalue weighted by molar-refractivity contribution is -0.148. The second-order valence-corrected chi connectivity index (χ2v) is 4.88. The normalized spacial score (nSPS) is 42.2. The van der Waals surface area contributed by atoms with Gasteiger partial charge in [0.2, 0.25) is 0 Å². The minimum absolute atomic E-state index is 0.0404. The molecule has 2 unspecified atom stereocenters. The van der Waals surface area contributed by atoms with E-state index < -0.39 is 5.97 Å². The first kappa shape index (κ1) is 9.69. The molecular formula is C11H16O3. The van der Waals surface area contributed by atoms with Gasteiger partial charge in [0.1, 0.15) is 5.78 Å². The number of hydrogen-bond acceptors (Lipinski definition) is 2. The van der Waals surface area contributed by atoms with Crippen LogP contribution < -0.4 is 0 Å². The van der Waals surface area contributed by atoms with E-state index in [1.807, 2.05) is 0 Å². The third-order valence-electron chi connectivity index (χ3n) is 3.67. The van der Waals surface area contributed by atoms with Crippen LogP contribution in [0.3, 0.4) is 0 Å². The van der Waals surface area contributed by atoms with Crippen molar-refractivity contribution in [3.63, 3.8) is 0 Å². The Balaban J connectivity index is 2.13. The molecule has 1 N–H and O–H groups in total. The lowest BCUT2D eigenvalue weighted by Crippen LogP contribution is -2.41. The minimum Gasteiger partial charge on any atom is -0.481 e. The van der Waals surface area contributed by atoms with E-state index in [-0.39, 0.29) is 17.8 Å². The maximum Gasteiger partial charge on any atom is 0.306 e. The molecule has 2 rings (SSSR count). The highest BCUT2D eigenvalue weighted by Crippen LogP contribution is 2.42. The molecule has 2 aliphatic rings. The largest absolute Gasteiger partial charge is 0.481 e. The van der Waals surface area contributed by atoms with Crippen molar-refractivity contribution in [3.8, 4) is 0 Å². The summed E-state index contributed by atoms with van der Waals surface area (Å²) in [4.78, 5) is 22.6. The van der Waals surface area contributed by atoms with Crippen LogP contribution in [0.2, 0.25) is 0 Å². The number of fused-ring (bicyclic) bond motifs is 2. The number of rotatable bonds is 1. The van der Waals surface area contributed by atoms with E-state index in [4.69, 9.17) is 5.11 Å². The van der Waals surface area contributed by atoms with E-state index >= 15 is 0 Å². The zero-order chi connectivity index (χ0) is 10.3. The summed E-state index contributed by atoms with van der Waals surface area (Å²) >= 11 is 0. The van der Waals surface area contributed by atoms with Crippen LogP contribution in [0.5, 0.6) is 0 Å². The highest BCUT2D eigenvalue weighted by molar-refractivity contribution is 5.87. The molecule has 0 aromatic rings. The van der Waals surface area contributed by atoms with E-state index in [9.17, 15) is 9.59 Å². The van der Waals surface area contributed by atoms with Gasteiger partial charge in [-0.2, -0.15) is 0 Å². The Morgan fingerprint density at radius 2 is 1.71 bits per heavy atom. The average Bonchev–Trinajstić information content (AvgIpc) is 2.06. The van der Waals surface area contributed by atoms with Crippen molar-refractivity contribution in [2.75, 3.05) is 0 Å². The van der Waals surface area contributed by atoms with Crippen molar-refractivity contribution >= 4 is 11.8 Å². The number of hydrogen-bond donors (Lipinski definition) is 1. The van der Waals surface area contributed by atoms with Gasteiger partial charge in [0.25, 0.3) is 0 Å². The molecule has 2 aliphatic carbocycles. The summed E-state index contributed by atoms with van der Waals surface area (Å²) in [5, 5.41) is 8.93. The van der Waals surface area contributed by atoms with Crippen LogP contribution in [0.15, 0.2) is 0 Å². The Bertz CT molecular complexity index is 254. The van der Waals surface area contributed by atoms with Crippen molar-refractivity contribution in [2.45, 2.75) is 32.6 Å². The maximum absolute atomic E-state index is 11.7. The number of carboxylic acid groups (broad SMARTS) is 1. The van der Waals surface area contributed by atoms with Crippen molar-refractivity contribution < 1.29 is 14.7 Å². The summed E-state index contributed by atoms with van der Waals surface area (Å²) in [6.45, 7) is 2.16. The molecule has 78 valence electrons. The number of carbonyl (C=O) groups excluding carboxylic acids is 1. The molecule has 0 radical (unpaired) electrons. The molecule has 0 aromatic carbocycles. The minimum atomic E-state index is -0.720. The highest BCUT2D eigenvalue weighted by atomic mass is 16.4. The zero-order valence-electron chi connectivity index (χ0n) is 8.40. The topological polar surface area (TPSA) is 54.4 Å². The molecule has 0 aromatic heterocycles. The van der Waals surface area contributed by atoms with E-state index in [2.05, 4.69) is 6.92 Å². The third-order valence-corrected chi connectivity index (χ3v) is 3.67. The predicted octanol–water partition coefficient (Wildman–Crippen LogP) is 1.71. The standard InChI is InChI=1S/C11H16O3/c1-6-2-7-4-9(11(13)14)5-8(3-6)10(7)12/h6-9H,2-5H2,1H3,(H,13,14)/t6?,7-,8+,9?. The molecule has 2 fully saturated rings. The lowest BCUT2D eigenvalue weighted by atomic mass is 9.64. The smallest absolute Gasteiger partial charge is 0.306 e. The third kappa shape index (κ3) is 1.56. The Kier molecular flexibility index (Phi) is 2.33. The van der Waals surface area contributed by atoms with E-state index in [1.165, 1.54) is 0 Å². The number of ketones is 1. The van der Waals surface area contributed by atoms with Gasteiger partial charge in [0.05, 0.1) is 5.92 Å². The molecular weight excluding hydrogens is 180 g/mol. The first-order chi connectivity index (χ1) is 6.58. The van der Waals surface area contributed by atoms with Crippen LogP contribution in [0.25, 0.3) is 0 Å². The SMILES string of the molecule is CC1C[C@@H]2CC(C(=O)O)C[C@H](C1)C2=O. The Hall–Kier alpha value is -0.860. The average molecular weight is 196 g/mol. The number of carboxylic acids is 1. The van der Waals surface area contributed by atoms with Crippen LogP contribution in [-0.2, 0) is 9.59 Å². The fourth-order valence-electron chi connectivity index (χ4n) is 3.04. The monoisotopic (exact) mass is 196 g/mol. The van der Waals surface area contributed by atoms with Gasteiger partial charge in [-0.1, -0.05) is 6.92 Å². The number of aliphatic carboxylic acids is 1. The Morgan fingerprint density at radius 1 is 1.21 bits per heavy atom. The predicted molar refractivity (Wildman–Crippen MR) is 50.7 cm³/mol. The van der Waals surface area contributed by atoms with Crippen molar-refractivity contribution in [1.29, 1.82) is 0 Å². The maximum atomic E-state index is 11.7. The molecule has 0 aliphatic heterocycles. The molecule has 0 heterocycles. The first-order valence-corrected chi connectivity index (χ1v) is 5.34. The first-order valence-electron chi connectivity index (χ1n) is 5.34. The zero-order valence-corrected chi connectivity index (χ0v) is 8.40. The summed E-state index contributed by atoms with van der Waals surface area (Å²) in [7, 11) is 0. The van der Waals surface area contributed by atoms with Crippen LogP contribution >= 0.6 is 0 Å². The molecule has 3 heteroatoms. The molecule has 2 saturated carbocycles.